The highest BCUT2D eigenvalue weighted by molar-refractivity contribution is 7.89. The molecule has 0 aliphatic heterocycles. The van der Waals surface area contributed by atoms with Crippen molar-refractivity contribution in [3.8, 4) is 0 Å². The summed E-state index contributed by atoms with van der Waals surface area (Å²) in [6.07, 6.45) is 3.02. The lowest BCUT2D eigenvalue weighted by atomic mass is 9.97. The molecule has 0 saturated heterocycles. The Hall–Kier alpha value is -1.40. The van der Waals surface area contributed by atoms with Gasteiger partial charge >= 0.3 is 0 Å². The summed E-state index contributed by atoms with van der Waals surface area (Å²) in [6, 6.07) is 4.72. The topological polar surface area (TPSA) is 89.3 Å². The van der Waals surface area contributed by atoms with Crippen molar-refractivity contribution >= 4 is 21.6 Å². The summed E-state index contributed by atoms with van der Waals surface area (Å²) >= 11 is 0. The Morgan fingerprint density at radius 1 is 1.35 bits per heavy atom. The fourth-order valence-electron chi connectivity index (χ4n) is 2.82. The van der Waals surface area contributed by atoms with Gasteiger partial charge in [0.05, 0.1) is 4.90 Å². The molecule has 3 N–H and O–H groups in total. The summed E-state index contributed by atoms with van der Waals surface area (Å²) in [5, 5.41) is 8.00. The quantitative estimate of drug-likeness (QED) is 0.894. The van der Waals surface area contributed by atoms with Crippen LogP contribution in [0.3, 0.4) is 0 Å². The molecule has 1 amide bonds. The van der Waals surface area contributed by atoms with E-state index in [1.165, 1.54) is 6.07 Å². The van der Waals surface area contributed by atoms with Crippen molar-refractivity contribution in [1.82, 2.24) is 0 Å². The molecule has 1 fully saturated rings. The molecule has 2 atom stereocenters. The van der Waals surface area contributed by atoms with Gasteiger partial charge < -0.3 is 5.32 Å². The molecular formula is C14H20N2O3S. The van der Waals surface area contributed by atoms with Gasteiger partial charge in [-0.05, 0) is 43.4 Å². The Kier molecular flexibility index (Phi) is 4.15. The lowest BCUT2D eigenvalue weighted by Crippen LogP contribution is -2.25. The van der Waals surface area contributed by atoms with Gasteiger partial charge in [0.15, 0.2) is 0 Å². The highest BCUT2D eigenvalue weighted by Crippen LogP contribution is 2.32. The zero-order valence-electron chi connectivity index (χ0n) is 11.7. The largest absolute Gasteiger partial charge is 0.326 e. The maximum atomic E-state index is 12.2. The molecule has 0 aromatic heterocycles. The van der Waals surface area contributed by atoms with Crippen LogP contribution < -0.4 is 10.5 Å². The lowest BCUT2D eigenvalue weighted by Gasteiger charge is -2.17. The number of hydrogen-bond donors (Lipinski definition) is 2. The molecular weight excluding hydrogens is 276 g/mol. The molecule has 2 rings (SSSR count). The Morgan fingerprint density at radius 2 is 2.05 bits per heavy atom. The van der Waals surface area contributed by atoms with Crippen LogP contribution >= 0.6 is 0 Å². The summed E-state index contributed by atoms with van der Waals surface area (Å²) in [7, 11) is -3.77. The van der Waals surface area contributed by atoms with Crippen LogP contribution in [0.1, 0.15) is 31.7 Å². The first kappa shape index (κ1) is 15.0. The smallest absolute Gasteiger partial charge is 0.238 e. The Labute approximate surface area is 119 Å². The summed E-state index contributed by atoms with van der Waals surface area (Å²) < 4.78 is 22.9. The average molecular weight is 296 g/mol. The molecule has 1 aromatic carbocycles. The average Bonchev–Trinajstić information content (AvgIpc) is 2.76. The number of carbonyl (C=O) groups is 1. The van der Waals surface area contributed by atoms with Gasteiger partial charge in [0.25, 0.3) is 0 Å². The number of nitrogens with one attached hydrogen (secondary N) is 1. The predicted octanol–water partition coefficient (Wildman–Crippen LogP) is 2.02. The van der Waals surface area contributed by atoms with Gasteiger partial charge in [-0.2, -0.15) is 0 Å². The van der Waals surface area contributed by atoms with Crippen molar-refractivity contribution in [3.05, 3.63) is 23.8 Å². The zero-order valence-corrected chi connectivity index (χ0v) is 12.5. The zero-order chi connectivity index (χ0) is 14.9. The molecule has 2 unspecified atom stereocenters. The molecule has 0 bridgehead atoms. The van der Waals surface area contributed by atoms with Crippen LogP contribution in [0.5, 0.6) is 0 Å². The molecule has 0 heterocycles. The minimum Gasteiger partial charge on any atom is -0.326 e. The fraction of sp³-hybridized carbons (Fsp3) is 0.500. The van der Waals surface area contributed by atoms with Crippen molar-refractivity contribution in [2.24, 2.45) is 17.0 Å². The Bertz CT molecular complexity index is 625. The van der Waals surface area contributed by atoms with Crippen molar-refractivity contribution < 1.29 is 13.2 Å². The van der Waals surface area contributed by atoms with E-state index in [4.69, 9.17) is 5.14 Å². The molecule has 0 radical (unpaired) electrons. The normalized spacial score (nSPS) is 22.8. The van der Waals surface area contributed by atoms with Gasteiger partial charge in [-0.3, -0.25) is 4.79 Å². The molecule has 1 aliphatic carbocycles. The van der Waals surface area contributed by atoms with Crippen LogP contribution in [0.4, 0.5) is 5.69 Å². The van der Waals surface area contributed by atoms with E-state index in [2.05, 4.69) is 12.2 Å². The third-order valence-corrected chi connectivity index (χ3v) is 5.10. The number of benzene rings is 1. The van der Waals surface area contributed by atoms with Gasteiger partial charge in [0, 0.05) is 11.6 Å². The van der Waals surface area contributed by atoms with Gasteiger partial charge in [-0.25, -0.2) is 13.6 Å². The van der Waals surface area contributed by atoms with Crippen LogP contribution in [0.25, 0.3) is 0 Å². The predicted molar refractivity (Wildman–Crippen MR) is 77.7 cm³/mol. The molecule has 0 spiro atoms. The van der Waals surface area contributed by atoms with Crippen LogP contribution in [0.15, 0.2) is 23.1 Å². The summed E-state index contributed by atoms with van der Waals surface area (Å²) in [5.41, 5.74) is 0.995. The van der Waals surface area contributed by atoms with E-state index in [1.54, 1.807) is 19.1 Å². The van der Waals surface area contributed by atoms with Gasteiger partial charge in [-0.1, -0.05) is 19.4 Å². The summed E-state index contributed by atoms with van der Waals surface area (Å²) in [5.74, 6) is 0.342. The number of carbonyl (C=O) groups excluding carboxylic acids is 1. The number of sulfonamides is 1. The second kappa shape index (κ2) is 5.54. The van der Waals surface area contributed by atoms with Crippen molar-refractivity contribution in [2.45, 2.75) is 38.0 Å². The minimum atomic E-state index is -3.77. The molecule has 20 heavy (non-hydrogen) atoms. The number of rotatable bonds is 3. The lowest BCUT2D eigenvalue weighted by molar-refractivity contribution is -0.120. The number of hydrogen-bond acceptors (Lipinski definition) is 3. The van der Waals surface area contributed by atoms with E-state index in [0.717, 1.165) is 19.3 Å². The van der Waals surface area contributed by atoms with E-state index in [1.807, 2.05) is 0 Å². The highest BCUT2D eigenvalue weighted by atomic mass is 32.2. The first-order valence-corrected chi connectivity index (χ1v) is 8.28. The molecule has 5 nitrogen and oxygen atoms in total. The second-order valence-electron chi connectivity index (χ2n) is 5.48. The summed E-state index contributed by atoms with van der Waals surface area (Å²) in [4.78, 5) is 12.3. The van der Waals surface area contributed by atoms with Crippen LogP contribution in [-0.4, -0.2) is 14.3 Å². The maximum absolute atomic E-state index is 12.2. The van der Waals surface area contributed by atoms with Gasteiger partial charge in [0.1, 0.15) is 0 Å². The third kappa shape index (κ3) is 3.02. The third-order valence-electron chi connectivity index (χ3n) is 4.05. The van der Waals surface area contributed by atoms with E-state index in [-0.39, 0.29) is 16.7 Å². The Balaban J connectivity index is 2.24. The molecule has 1 aromatic rings. The van der Waals surface area contributed by atoms with E-state index >= 15 is 0 Å². The van der Waals surface area contributed by atoms with E-state index < -0.39 is 10.0 Å². The first-order chi connectivity index (χ1) is 9.30. The number of primary sulfonamides is 1. The molecule has 6 heteroatoms. The second-order valence-corrected chi connectivity index (χ2v) is 7.01. The maximum Gasteiger partial charge on any atom is 0.238 e. The Morgan fingerprint density at radius 3 is 2.60 bits per heavy atom. The van der Waals surface area contributed by atoms with Crippen LogP contribution in [0, 0.1) is 18.8 Å². The summed E-state index contributed by atoms with van der Waals surface area (Å²) in [6.45, 7) is 3.72. The first-order valence-electron chi connectivity index (χ1n) is 6.74. The van der Waals surface area contributed by atoms with Gasteiger partial charge in [0.2, 0.25) is 15.9 Å². The standard InChI is InChI=1S/C14H20N2O3S/c1-9-5-3-6-11(9)14(17)16-12-7-4-8-13(10(12)2)20(15,18)19/h4,7-9,11H,3,5-6H2,1-2H3,(H,16,17)(H2,15,18,19). The van der Waals surface area contributed by atoms with E-state index in [9.17, 15) is 13.2 Å². The SMILES string of the molecule is Cc1c(NC(=O)C2CCCC2C)cccc1S(N)(=O)=O. The van der Waals surface area contributed by atoms with Crippen LogP contribution in [0.2, 0.25) is 0 Å². The van der Waals surface area contributed by atoms with E-state index in [0.29, 0.717) is 17.2 Å². The monoisotopic (exact) mass is 296 g/mol. The fourth-order valence-corrected chi connectivity index (χ4v) is 3.62. The number of anilines is 1. The van der Waals surface area contributed by atoms with Crippen molar-refractivity contribution in [2.75, 3.05) is 5.32 Å². The van der Waals surface area contributed by atoms with Gasteiger partial charge in [-0.15, -0.1) is 0 Å². The van der Waals surface area contributed by atoms with Crippen LogP contribution in [-0.2, 0) is 14.8 Å². The van der Waals surface area contributed by atoms with Crippen molar-refractivity contribution in [3.63, 3.8) is 0 Å². The molecule has 1 saturated carbocycles. The van der Waals surface area contributed by atoms with Crippen molar-refractivity contribution in [1.29, 1.82) is 0 Å². The minimum absolute atomic E-state index is 0.00698. The number of nitrogens with two attached hydrogens (primary N) is 1. The molecule has 1 aliphatic rings. The number of amides is 1. The highest BCUT2D eigenvalue weighted by Gasteiger charge is 2.30. The molecule has 110 valence electrons.